The topological polar surface area (TPSA) is 116 Å². The molecule has 0 saturated carbocycles. The van der Waals surface area contributed by atoms with E-state index in [9.17, 15) is 14.4 Å². The van der Waals surface area contributed by atoms with E-state index in [1.807, 2.05) is 61.5 Å². The summed E-state index contributed by atoms with van der Waals surface area (Å²) in [6, 6.07) is 16.8. The first-order valence-corrected chi connectivity index (χ1v) is 12.7. The highest BCUT2D eigenvalue weighted by atomic mass is 16.2. The zero-order valence-electron chi connectivity index (χ0n) is 21.5. The number of H-pyrrole nitrogens is 2. The summed E-state index contributed by atoms with van der Waals surface area (Å²) < 4.78 is 1.12. The van der Waals surface area contributed by atoms with Crippen LogP contribution < -0.4 is 21.6 Å². The Labute approximate surface area is 219 Å². The first-order chi connectivity index (χ1) is 18.4. The maximum atomic E-state index is 14.0. The number of Topliss-reactive ketones (excluding diaryl/α,β-unsaturated/α-hetero) is 1. The van der Waals surface area contributed by atoms with Gasteiger partial charge < -0.3 is 9.99 Å². The Balaban J connectivity index is 1.58. The van der Waals surface area contributed by atoms with E-state index in [4.69, 9.17) is 0 Å². The van der Waals surface area contributed by atoms with Crippen LogP contribution in [0.1, 0.15) is 43.5 Å². The van der Waals surface area contributed by atoms with Crippen molar-refractivity contribution in [2.24, 2.45) is 0 Å². The first-order valence-electron chi connectivity index (χ1n) is 12.7. The molecule has 5 rings (SSSR count). The van der Waals surface area contributed by atoms with Gasteiger partial charge in [0.05, 0.1) is 18.9 Å². The highest BCUT2D eigenvalue weighted by Crippen LogP contribution is 2.31. The van der Waals surface area contributed by atoms with Gasteiger partial charge in [-0.3, -0.25) is 19.9 Å². The van der Waals surface area contributed by atoms with Crippen molar-refractivity contribution in [2.75, 3.05) is 18.1 Å². The lowest BCUT2D eigenvalue weighted by Gasteiger charge is -2.49. The van der Waals surface area contributed by atoms with Gasteiger partial charge in [-0.05, 0) is 37.8 Å². The number of fused-ring (bicyclic) bond motifs is 1. The minimum absolute atomic E-state index is 0.0666. The zero-order valence-corrected chi connectivity index (χ0v) is 21.5. The number of hydrogen-bond donors (Lipinski definition) is 3. The minimum atomic E-state index is -0.589. The molecule has 0 amide bonds. The number of aromatic nitrogens is 4. The van der Waals surface area contributed by atoms with Gasteiger partial charge in [0.15, 0.2) is 16.9 Å². The lowest BCUT2D eigenvalue weighted by atomic mass is 9.79. The summed E-state index contributed by atoms with van der Waals surface area (Å²) in [5.74, 6) is 5.87. The Bertz CT molecular complexity index is 1640. The molecule has 9 nitrogen and oxygen atoms in total. The van der Waals surface area contributed by atoms with Gasteiger partial charge in [0, 0.05) is 24.1 Å². The van der Waals surface area contributed by atoms with E-state index in [0.717, 1.165) is 28.6 Å². The number of benzene rings is 2. The fourth-order valence-corrected chi connectivity index (χ4v) is 5.39. The van der Waals surface area contributed by atoms with Crippen LogP contribution in [0.3, 0.4) is 0 Å². The summed E-state index contributed by atoms with van der Waals surface area (Å²) in [4.78, 5) is 50.1. The number of piperidine rings is 1. The molecule has 1 fully saturated rings. The van der Waals surface area contributed by atoms with Crippen molar-refractivity contribution in [2.45, 2.75) is 44.7 Å². The van der Waals surface area contributed by atoms with Gasteiger partial charge in [-0.15, -0.1) is 5.92 Å². The predicted molar refractivity (Wildman–Crippen MR) is 148 cm³/mol. The summed E-state index contributed by atoms with van der Waals surface area (Å²) >= 11 is 0. The van der Waals surface area contributed by atoms with Gasteiger partial charge in [-0.25, -0.2) is 9.78 Å². The second kappa shape index (κ2) is 10.5. The smallest absolute Gasteiger partial charge is 0.339 e. The standard InChI is InChI=1S/C29H30N6O3/c1-3-4-16-32-29(2)15-10-17-34(35-27(37)25-26(31-19-30-25)33-28(35)38)24(29)18-23(36)22-14-9-8-13-21(22)20-11-6-5-7-12-20/h5-9,11-14,19,24,32H,10,15-18H2,1-2H3,(H,30,31)(H,33,38)/t24?,29-/m1/s1. The van der Waals surface area contributed by atoms with E-state index < -0.39 is 22.8 Å². The van der Waals surface area contributed by atoms with Crippen LogP contribution in [-0.4, -0.2) is 50.1 Å². The van der Waals surface area contributed by atoms with Crippen LogP contribution in [0.25, 0.3) is 22.3 Å². The largest absolute Gasteiger partial charge is 0.349 e. The van der Waals surface area contributed by atoms with Crippen LogP contribution in [0.2, 0.25) is 0 Å². The van der Waals surface area contributed by atoms with Crippen molar-refractivity contribution in [3.63, 3.8) is 0 Å². The number of rotatable bonds is 7. The monoisotopic (exact) mass is 510 g/mol. The SMILES string of the molecule is CC#CCN[C@]1(C)CCCN(n2c(=O)[nH]c3nc[nH]c3c2=O)C1CC(=O)c1ccccc1-c1ccccc1. The third-order valence-corrected chi connectivity index (χ3v) is 7.35. The highest BCUT2D eigenvalue weighted by Gasteiger charge is 2.43. The van der Waals surface area contributed by atoms with E-state index in [1.165, 1.54) is 6.33 Å². The molecular weight excluding hydrogens is 480 g/mol. The van der Waals surface area contributed by atoms with Crippen LogP contribution in [0.4, 0.5) is 0 Å². The number of carbonyl (C=O) groups is 1. The lowest BCUT2D eigenvalue weighted by molar-refractivity contribution is 0.0926. The molecule has 0 aliphatic carbocycles. The van der Waals surface area contributed by atoms with E-state index in [1.54, 1.807) is 11.9 Å². The van der Waals surface area contributed by atoms with Crippen molar-refractivity contribution >= 4 is 16.9 Å². The molecule has 0 radical (unpaired) electrons. The minimum Gasteiger partial charge on any atom is -0.339 e. The molecular formula is C29H30N6O3. The number of nitrogens with one attached hydrogen (secondary N) is 3. The Morgan fingerprint density at radius 1 is 1.16 bits per heavy atom. The predicted octanol–water partition coefficient (Wildman–Crippen LogP) is 2.82. The Kier molecular flexibility index (Phi) is 6.99. The van der Waals surface area contributed by atoms with Gasteiger partial charge >= 0.3 is 11.2 Å². The van der Waals surface area contributed by atoms with Gasteiger partial charge in [0.2, 0.25) is 0 Å². The molecule has 1 aliphatic rings. The second-order valence-corrected chi connectivity index (χ2v) is 9.69. The second-order valence-electron chi connectivity index (χ2n) is 9.69. The van der Waals surface area contributed by atoms with Gasteiger partial charge in [0.25, 0.3) is 0 Å². The van der Waals surface area contributed by atoms with Crippen molar-refractivity contribution in [1.29, 1.82) is 0 Å². The molecule has 9 heteroatoms. The fraction of sp³-hybridized carbons (Fsp3) is 0.310. The Hall–Kier alpha value is -4.42. The number of hydrogen-bond acceptors (Lipinski definition) is 6. The quantitative estimate of drug-likeness (QED) is 0.260. The number of imidazole rings is 1. The van der Waals surface area contributed by atoms with Crippen LogP contribution in [0.15, 0.2) is 70.5 Å². The first kappa shape index (κ1) is 25.2. The van der Waals surface area contributed by atoms with Gasteiger partial charge in [-0.2, -0.15) is 4.68 Å². The maximum absolute atomic E-state index is 14.0. The molecule has 2 aromatic carbocycles. The van der Waals surface area contributed by atoms with Gasteiger partial charge in [0.1, 0.15) is 0 Å². The van der Waals surface area contributed by atoms with Crippen molar-refractivity contribution in [3.8, 4) is 23.0 Å². The molecule has 1 unspecified atom stereocenters. The molecule has 1 saturated heterocycles. The Morgan fingerprint density at radius 2 is 1.92 bits per heavy atom. The number of ketones is 1. The van der Waals surface area contributed by atoms with Crippen LogP contribution in [-0.2, 0) is 0 Å². The van der Waals surface area contributed by atoms with Crippen molar-refractivity contribution < 1.29 is 4.79 Å². The van der Waals surface area contributed by atoms with Crippen LogP contribution in [0.5, 0.6) is 0 Å². The molecule has 38 heavy (non-hydrogen) atoms. The fourth-order valence-electron chi connectivity index (χ4n) is 5.39. The summed E-state index contributed by atoms with van der Waals surface area (Å²) in [5, 5.41) is 5.24. The summed E-state index contributed by atoms with van der Waals surface area (Å²) in [6.07, 6.45) is 2.95. The molecule has 194 valence electrons. The summed E-state index contributed by atoms with van der Waals surface area (Å²) in [5.41, 5.74) is 1.14. The molecule has 3 heterocycles. The third-order valence-electron chi connectivity index (χ3n) is 7.35. The van der Waals surface area contributed by atoms with Crippen LogP contribution >= 0.6 is 0 Å². The average molecular weight is 511 g/mol. The molecule has 1 aliphatic heterocycles. The molecule has 2 aromatic heterocycles. The molecule has 0 bridgehead atoms. The zero-order chi connectivity index (χ0) is 26.7. The normalized spacial score (nSPS) is 19.2. The van der Waals surface area contributed by atoms with Crippen LogP contribution in [0, 0.1) is 11.8 Å². The number of aromatic amines is 2. The van der Waals surface area contributed by atoms with Crippen molar-refractivity contribution in [3.05, 3.63) is 87.3 Å². The molecule has 2 atom stereocenters. The number of nitrogens with zero attached hydrogens (tertiary/aromatic N) is 3. The van der Waals surface area contributed by atoms with Crippen molar-refractivity contribution in [1.82, 2.24) is 24.9 Å². The summed E-state index contributed by atoms with van der Waals surface area (Å²) in [7, 11) is 0. The van der Waals surface area contributed by atoms with E-state index in [0.29, 0.717) is 18.7 Å². The lowest BCUT2D eigenvalue weighted by Crippen LogP contribution is -2.69. The van der Waals surface area contributed by atoms with Gasteiger partial charge in [-0.1, -0.05) is 60.5 Å². The van der Waals surface area contributed by atoms with E-state index >= 15 is 0 Å². The molecule has 0 spiro atoms. The van der Waals surface area contributed by atoms with E-state index in [-0.39, 0.29) is 23.4 Å². The Morgan fingerprint density at radius 3 is 2.71 bits per heavy atom. The number of carbonyl (C=O) groups excluding carboxylic acids is 1. The molecule has 3 N–H and O–H groups in total. The highest BCUT2D eigenvalue weighted by molar-refractivity contribution is 6.02. The summed E-state index contributed by atoms with van der Waals surface area (Å²) in [6.45, 7) is 4.68. The van der Waals surface area contributed by atoms with E-state index in [2.05, 4.69) is 32.1 Å². The molecule has 4 aromatic rings. The third kappa shape index (κ3) is 4.66. The average Bonchev–Trinajstić information content (AvgIpc) is 3.40. The maximum Gasteiger partial charge on any atom is 0.349 e.